The lowest BCUT2D eigenvalue weighted by molar-refractivity contribution is 0.0951. The summed E-state index contributed by atoms with van der Waals surface area (Å²) < 4.78 is 14.6. The molecule has 8 heteroatoms. The number of nitrogens with zero attached hydrogens (tertiary/aromatic N) is 3. The smallest absolute Gasteiger partial charge is 0.252 e. The van der Waals surface area contributed by atoms with Crippen LogP contribution in [0.5, 0.6) is 0 Å². The summed E-state index contributed by atoms with van der Waals surface area (Å²) in [5.74, 6) is 0.408. The molecule has 0 saturated carbocycles. The summed E-state index contributed by atoms with van der Waals surface area (Å²) >= 11 is 6.33. The number of allylic oxidation sites excluding steroid dienone is 1. The Hall–Kier alpha value is -3.81. The molecule has 6 nitrogen and oxygen atoms in total. The van der Waals surface area contributed by atoms with Gasteiger partial charge in [0.2, 0.25) is 0 Å². The molecule has 3 heterocycles. The van der Waals surface area contributed by atoms with Crippen LogP contribution in [0.25, 0.3) is 22.6 Å². The maximum atomic E-state index is 14.6. The van der Waals surface area contributed by atoms with Gasteiger partial charge in [-0.05, 0) is 72.4 Å². The lowest BCUT2D eigenvalue weighted by Gasteiger charge is -2.28. The predicted octanol–water partition coefficient (Wildman–Crippen LogP) is 5.64. The number of pyridine rings is 2. The zero-order chi connectivity index (χ0) is 26.8. The zero-order valence-electron chi connectivity index (χ0n) is 21.5. The van der Waals surface area contributed by atoms with E-state index >= 15 is 0 Å². The third-order valence-electron chi connectivity index (χ3n) is 7.42. The highest BCUT2D eigenvalue weighted by atomic mass is 35.5. The first-order valence-electron chi connectivity index (χ1n) is 13.3. The van der Waals surface area contributed by atoms with E-state index < -0.39 is 0 Å². The molecule has 2 aromatic heterocycles. The molecule has 0 atom stereocenters. The highest BCUT2D eigenvalue weighted by molar-refractivity contribution is 6.32. The molecule has 0 bridgehead atoms. The van der Waals surface area contributed by atoms with E-state index in [1.54, 1.807) is 24.4 Å². The predicted molar refractivity (Wildman–Crippen MR) is 154 cm³/mol. The Morgan fingerprint density at radius 2 is 1.95 bits per heavy atom. The second-order valence-corrected chi connectivity index (χ2v) is 10.3. The number of carbonyl (C=O) groups is 1. The number of aromatic nitrogens is 2. The highest BCUT2D eigenvalue weighted by Gasteiger charge is 2.25. The highest BCUT2D eigenvalue weighted by Crippen LogP contribution is 2.37. The Kier molecular flexibility index (Phi) is 7.26. The number of rotatable bonds is 5. The number of fused-ring (bicyclic) bond motifs is 2. The number of anilines is 1. The lowest BCUT2D eigenvalue weighted by Crippen LogP contribution is -2.43. The number of para-hydroxylation sites is 1. The molecule has 1 aliphatic carbocycles. The fourth-order valence-electron chi connectivity index (χ4n) is 5.47. The van der Waals surface area contributed by atoms with E-state index in [0.717, 1.165) is 84.6 Å². The van der Waals surface area contributed by atoms with Crippen molar-refractivity contribution in [3.8, 4) is 0 Å². The summed E-state index contributed by atoms with van der Waals surface area (Å²) in [6.45, 7) is 4.07. The molecule has 2 N–H and O–H groups in total. The van der Waals surface area contributed by atoms with Crippen molar-refractivity contribution in [2.24, 2.45) is 0 Å². The molecular formula is C31H29ClFN5O. The van der Waals surface area contributed by atoms with Crippen molar-refractivity contribution in [3.05, 3.63) is 99.6 Å². The molecule has 1 aliphatic heterocycles. The van der Waals surface area contributed by atoms with Crippen LogP contribution in [0.1, 0.15) is 45.6 Å². The summed E-state index contributed by atoms with van der Waals surface area (Å²) in [4.78, 5) is 25.5. The molecule has 1 fully saturated rings. The van der Waals surface area contributed by atoms with E-state index in [4.69, 9.17) is 16.6 Å². The fraction of sp³-hybridized carbons (Fsp3) is 0.258. The maximum absolute atomic E-state index is 14.6. The third kappa shape index (κ3) is 5.24. The molecule has 6 rings (SSSR count). The van der Waals surface area contributed by atoms with Gasteiger partial charge in [-0.25, -0.2) is 14.4 Å². The van der Waals surface area contributed by atoms with Crippen molar-refractivity contribution in [3.63, 3.8) is 0 Å². The summed E-state index contributed by atoms with van der Waals surface area (Å²) in [5, 5.41) is 7.67. The Bertz CT molecular complexity index is 1560. The van der Waals surface area contributed by atoms with E-state index in [-0.39, 0.29) is 11.7 Å². The molecule has 2 aliphatic rings. The van der Waals surface area contributed by atoms with Gasteiger partial charge >= 0.3 is 0 Å². The molecule has 1 amide bonds. The van der Waals surface area contributed by atoms with Crippen LogP contribution in [0.3, 0.4) is 0 Å². The summed E-state index contributed by atoms with van der Waals surface area (Å²) in [7, 11) is 0. The van der Waals surface area contributed by atoms with Crippen molar-refractivity contribution in [2.45, 2.75) is 25.8 Å². The first kappa shape index (κ1) is 25.5. The lowest BCUT2D eigenvalue weighted by atomic mass is 9.85. The molecule has 0 spiro atoms. The number of benzene rings is 2. The zero-order valence-corrected chi connectivity index (χ0v) is 22.3. The average Bonchev–Trinajstić information content (AvgIpc) is 2.97. The van der Waals surface area contributed by atoms with E-state index in [1.165, 1.54) is 6.07 Å². The Morgan fingerprint density at radius 3 is 2.79 bits per heavy atom. The molecular weight excluding hydrogens is 513 g/mol. The van der Waals surface area contributed by atoms with Gasteiger partial charge in [-0.15, -0.1) is 0 Å². The number of amides is 1. The van der Waals surface area contributed by atoms with Crippen molar-refractivity contribution in [1.29, 1.82) is 0 Å². The molecule has 39 heavy (non-hydrogen) atoms. The maximum Gasteiger partial charge on any atom is 0.252 e. The van der Waals surface area contributed by atoms with Crippen LogP contribution in [0.4, 0.5) is 10.2 Å². The second kappa shape index (κ2) is 11.1. The summed E-state index contributed by atoms with van der Waals surface area (Å²) in [6.07, 6.45) is 5.88. The van der Waals surface area contributed by atoms with Crippen LogP contribution in [0.15, 0.2) is 60.8 Å². The van der Waals surface area contributed by atoms with E-state index in [1.807, 2.05) is 36.4 Å². The van der Waals surface area contributed by atoms with Gasteiger partial charge in [-0.1, -0.05) is 35.9 Å². The normalized spacial score (nSPS) is 16.4. The van der Waals surface area contributed by atoms with Gasteiger partial charge in [0.05, 0.1) is 21.8 Å². The standard InChI is InChI=1S/C31H29ClFN5O/c32-25-8-4-9-26(33)24(25)18-21-5-3-7-23-29(22-6-1-2-10-27(22)37-30(21)23)31(39)36-19-20-11-12-35-28(17-20)38-15-13-34-14-16-38/h1-2,4,6,8-12,17-18,34H,3,5,7,13-16,19H2,(H,36,39)/b21-18+. The minimum atomic E-state index is -0.376. The largest absolute Gasteiger partial charge is 0.354 e. The second-order valence-electron chi connectivity index (χ2n) is 9.93. The number of carbonyl (C=O) groups excluding carboxylic acids is 1. The number of hydrogen-bond donors (Lipinski definition) is 2. The topological polar surface area (TPSA) is 70.2 Å². The minimum absolute atomic E-state index is 0.143. The molecule has 0 unspecified atom stereocenters. The van der Waals surface area contributed by atoms with Gasteiger partial charge in [-0.3, -0.25) is 4.79 Å². The first-order chi connectivity index (χ1) is 19.1. The number of nitrogens with one attached hydrogen (secondary N) is 2. The van der Waals surface area contributed by atoms with Crippen LogP contribution in [0, 0.1) is 5.82 Å². The van der Waals surface area contributed by atoms with E-state index in [0.29, 0.717) is 22.7 Å². The Morgan fingerprint density at radius 1 is 1.10 bits per heavy atom. The molecule has 2 aromatic carbocycles. The average molecular weight is 542 g/mol. The van der Waals surface area contributed by atoms with Gasteiger partial charge < -0.3 is 15.5 Å². The van der Waals surface area contributed by atoms with Crippen LogP contribution in [0.2, 0.25) is 5.02 Å². The van der Waals surface area contributed by atoms with Crippen molar-refractivity contribution in [2.75, 3.05) is 31.1 Å². The van der Waals surface area contributed by atoms with Crippen LogP contribution < -0.4 is 15.5 Å². The van der Waals surface area contributed by atoms with Gasteiger partial charge in [-0.2, -0.15) is 0 Å². The van der Waals surface area contributed by atoms with E-state index in [2.05, 4.69) is 20.5 Å². The van der Waals surface area contributed by atoms with Gasteiger partial charge in [0.1, 0.15) is 11.6 Å². The third-order valence-corrected chi connectivity index (χ3v) is 7.75. The number of piperazine rings is 1. The Labute approximate surface area is 231 Å². The van der Waals surface area contributed by atoms with Crippen LogP contribution >= 0.6 is 11.6 Å². The molecule has 0 radical (unpaired) electrons. The van der Waals surface area contributed by atoms with Crippen molar-refractivity contribution < 1.29 is 9.18 Å². The van der Waals surface area contributed by atoms with Gasteiger partial charge in [0.15, 0.2) is 0 Å². The van der Waals surface area contributed by atoms with Gasteiger partial charge in [0, 0.05) is 49.9 Å². The van der Waals surface area contributed by atoms with Crippen LogP contribution in [-0.2, 0) is 13.0 Å². The number of halogens is 2. The molecule has 1 saturated heterocycles. The fourth-order valence-corrected chi connectivity index (χ4v) is 5.68. The van der Waals surface area contributed by atoms with Gasteiger partial charge in [0.25, 0.3) is 5.91 Å². The quantitative estimate of drug-likeness (QED) is 0.342. The Balaban J connectivity index is 1.34. The first-order valence-corrected chi connectivity index (χ1v) is 13.7. The van der Waals surface area contributed by atoms with E-state index in [9.17, 15) is 9.18 Å². The SMILES string of the molecule is O=C(NCc1ccnc(N2CCNCC2)c1)c1c2c(nc3ccccc13)/C(=C/c1c(F)cccc1Cl)CCC2. The number of hydrogen-bond acceptors (Lipinski definition) is 5. The molecule has 198 valence electrons. The minimum Gasteiger partial charge on any atom is -0.354 e. The monoisotopic (exact) mass is 541 g/mol. The summed E-state index contributed by atoms with van der Waals surface area (Å²) in [5.41, 5.74) is 5.24. The van der Waals surface area contributed by atoms with Crippen molar-refractivity contribution in [1.82, 2.24) is 20.6 Å². The van der Waals surface area contributed by atoms with Crippen molar-refractivity contribution >= 4 is 45.9 Å². The molecule has 4 aromatic rings. The summed E-state index contributed by atoms with van der Waals surface area (Å²) in [6, 6.07) is 16.4. The van der Waals surface area contributed by atoms with Crippen LogP contribution in [-0.4, -0.2) is 42.1 Å².